The van der Waals surface area contributed by atoms with Gasteiger partial charge in [-0.25, -0.2) is 0 Å². The fourth-order valence-corrected chi connectivity index (χ4v) is 2.44. The number of hydrogen-bond donors (Lipinski definition) is 1. The van der Waals surface area contributed by atoms with E-state index < -0.39 is 0 Å². The van der Waals surface area contributed by atoms with E-state index >= 15 is 0 Å². The lowest BCUT2D eigenvalue weighted by Gasteiger charge is -2.12. The molecular formula is C14H14BrNO. The largest absolute Gasteiger partial charge is 0.492 e. The predicted molar refractivity (Wildman–Crippen MR) is 73.3 cm³/mol. The molecule has 0 aliphatic heterocycles. The third-order valence-corrected chi connectivity index (χ3v) is 3.86. The van der Waals surface area contributed by atoms with E-state index in [1.807, 2.05) is 18.2 Å². The SMILES string of the molecule is NC1(COc2cc(Br)c3ccccc3c2)CC1. The minimum Gasteiger partial charge on any atom is -0.492 e. The first kappa shape index (κ1) is 11.1. The van der Waals surface area contributed by atoms with Crippen LogP contribution >= 0.6 is 15.9 Å². The predicted octanol–water partition coefficient (Wildman–Crippen LogP) is 3.47. The Balaban J connectivity index is 1.89. The fraction of sp³-hybridized carbons (Fsp3) is 0.286. The molecule has 2 N–H and O–H groups in total. The molecule has 1 saturated carbocycles. The fourth-order valence-electron chi connectivity index (χ4n) is 1.85. The van der Waals surface area contributed by atoms with Crippen LogP contribution in [0.3, 0.4) is 0 Å². The van der Waals surface area contributed by atoms with Crippen LogP contribution in [0.4, 0.5) is 0 Å². The number of nitrogens with two attached hydrogens (primary N) is 1. The second-order valence-corrected chi connectivity index (χ2v) is 5.63. The number of fused-ring (bicyclic) bond motifs is 1. The monoisotopic (exact) mass is 291 g/mol. The third kappa shape index (κ3) is 2.31. The lowest BCUT2D eigenvalue weighted by molar-refractivity contribution is 0.279. The number of hydrogen-bond acceptors (Lipinski definition) is 2. The Hall–Kier alpha value is -1.06. The van der Waals surface area contributed by atoms with Gasteiger partial charge < -0.3 is 10.5 Å². The van der Waals surface area contributed by atoms with Crippen molar-refractivity contribution >= 4 is 26.7 Å². The minimum atomic E-state index is -0.0713. The molecule has 0 radical (unpaired) electrons. The highest BCUT2D eigenvalue weighted by atomic mass is 79.9. The zero-order valence-corrected chi connectivity index (χ0v) is 11.0. The average Bonchev–Trinajstić information content (AvgIpc) is 3.06. The van der Waals surface area contributed by atoms with E-state index in [0.717, 1.165) is 23.1 Å². The van der Waals surface area contributed by atoms with Crippen molar-refractivity contribution in [2.75, 3.05) is 6.61 Å². The summed E-state index contributed by atoms with van der Waals surface area (Å²) in [5.41, 5.74) is 5.94. The molecule has 0 unspecified atom stereocenters. The second-order valence-electron chi connectivity index (χ2n) is 4.78. The first-order valence-corrected chi connectivity index (χ1v) is 6.56. The topological polar surface area (TPSA) is 35.2 Å². The number of rotatable bonds is 3. The molecule has 0 heterocycles. The lowest BCUT2D eigenvalue weighted by Crippen LogP contribution is -2.29. The summed E-state index contributed by atoms with van der Waals surface area (Å²) in [5, 5.41) is 2.38. The molecule has 1 fully saturated rings. The van der Waals surface area contributed by atoms with Gasteiger partial charge in [0.1, 0.15) is 12.4 Å². The van der Waals surface area contributed by atoms with Crippen LogP contribution in [0.2, 0.25) is 0 Å². The van der Waals surface area contributed by atoms with Crippen LogP contribution in [-0.4, -0.2) is 12.1 Å². The van der Waals surface area contributed by atoms with Gasteiger partial charge in [-0.2, -0.15) is 0 Å². The highest BCUT2D eigenvalue weighted by Crippen LogP contribution is 2.34. The summed E-state index contributed by atoms with van der Waals surface area (Å²) in [6, 6.07) is 12.3. The molecule has 0 spiro atoms. The molecular weight excluding hydrogens is 278 g/mol. The van der Waals surface area contributed by atoms with Gasteiger partial charge in [0.25, 0.3) is 0 Å². The number of ether oxygens (including phenoxy) is 1. The average molecular weight is 292 g/mol. The van der Waals surface area contributed by atoms with E-state index in [-0.39, 0.29) is 5.54 Å². The highest BCUT2D eigenvalue weighted by molar-refractivity contribution is 9.10. The molecule has 0 saturated heterocycles. The van der Waals surface area contributed by atoms with Gasteiger partial charge in [0.15, 0.2) is 0 Å². The molecule has 17 heavy (non-hydrogen) atoms. The van der Waals surface area contributed by atoms with Crippen LogP contribution in [0.25, 0.3) is 10.8 Å². The Bertz CT molecular complexity index is 563. The smallest absolute Gasteiger partial charge is 0.121 e. The first-order chi connectivity index (χ1) is 8.16. The van der Waals surface area contributed by atoms with Crippen LogP contribution in [0.15, 0.2) is 40.9 Å². The summed E-state index contributed by atoms with van der Waals surface area (Å²) in [7, 11) is 0. The van der Waals surface area contributed by atoms with E-state index in [9.17, 15) is 0 Å². The number of halogens is 1. The zero-order chi connectivity index (χ0) is 11.9. The van der Waals surface area contributed by atoms with Crippen molar-refractivity contribution in [2.45, 2.75) is 18.4 Å². The molecule has 1 aliphatic carbocycles. The van der Waals surface area contributed by atoms with Gasteiger partial charge in [0.2, 0.25) is 0 Å². The van der Waals surface area contributed by atoms with Crippen LogP contribution in [0, 0.1) is 0 Å². The molecule has 2 nitrogen and oxygen atoms in total. The third-order valence-electron chi connectivity index (χ3n) is 3.20. The van der Waals surface area contributed by atoms with E-state index in [1.54, 1.807) is 0 Å². The molecule has 3 rings (SSSR count). The Morgan fingerprint density at radius 3 is 2.76 bits per heavy atom. The molecule has 3 heteroatoms. The normalized spacial score (nSPS) is 17.1. The van der Waals surface area contributed by atoms with Gasteiger partial charge in [-0.3, -0.25) is 0 Å². The van der Waals surface area contributed by atoms with Gasteiger partial charge >= 0.3 is 0 Å². The maximum atomic E-state index is 6.01. The molecule has 0 aromatic heterocycles. The molecule has 88 valence electrons. The summed E-state index contributed by atoms with van der Waals surface area (Å²) in [6.45, 7) is 0.609. The molecule has 0 atom stereocenters. The van der Waals surface area contributed by atoms with E-state index in [1.165, 1.54) is 10.8 Å². The van der Waals surface area contributed by atoms with Crippen LogP contribution in [-0.2, 0) is 0 Å². The summed E-state index contributed by atoms with van der Waals surface area (Å²) in [6.07, 6.45) is 2.14. The number of benzene rings is 2. The Kier molecular flexibility index (Phi) is 2.60. The van der Waals surface area contributed by atoms with Gasteiger partial charge in [-0.1, -0.05) is 40.2 Å². The minimum absolute atomic E-state index is 0.0713. The quantitative estimate of drug-likeness (QED) is 0.940. The van der Waals surface area contributed by atoms with E-state index in [2.05, 4.69) is 34.1 Å². The van der Waals surface area contributed by atoms with Crippen molar-refractivity contribution in [1.29, 1.82) is 0 Å². The highest BCUT2D eigenvalue weighted by Gasteiger charge is 2.39. The van der Waals surface area contributed by atoms with E-state index in [4.69, 9.17) is 10.5 Å². The van der Waals surface area contributed by atoms with Crippen molar-refractivity contribution < 1.29 is 4.74 Å². The molecule has 0 bridgehead atoms. The maximum absolute atomic E-state index is 6.01. The summed E-state index contributed by atoms with van der Waals surface area (Å²) in [5.74, 6) is 0.882. The van der Waals surface area contributed by atoms with Crippen LogP contribution in [0.5, 0.6) is 5.75 Å². The van der Waals surface area contributed by atoms with Gasteiger partial charge in [-0.15, -0.1) is 0 Å². The van der Waals surface area contributed by atoms with Gasteiger partial charge in [0.05, 0.1) is 5.54 Å². The van der Waals surface area contributed by atoms with Gasteiger partial charge in [-0.05, 0) is 35.7 Å². The van der Waals surface area contributed by atoms with Crippen molar-refractivity contribution in [3.05, 3.63) is 40.9 Å². The summed E-state index contributed by atoms with van der Waals surface area (Å²) < 4.78 is 6.83. The first-order valence-electron chi connectivity index (χ1n) is 5.76. The summed E-state index contributed by atoms with van der Waals surface area (Å²) in [4.78, 5) is 0. The lowest BCUT2D eigenvalue weighted by atomic mass is 10.1. The van der Waals surface area contributed by atoms with Crippen molar-refractivity contribution in [3.63, 3.8) is 0 Å². The van der Waals surface area contributed by atoms with E-state index in [0.29, 0.717) is 6.61 Å². The van der Waals surface area contributed by atoms with Crippen molar-refractivity contribution in [2.24, 2.45) is 5.73 Å². The summed E-state index contributed by atoms with van der Waals surface area (Å²) >= 11 is 3.57. The van der Waals surface area contributed by atoms with Crippen LogP contribution in [0.1, 0.15) is 12.8 Å². The second kappa shape index (κ2) is 4.00. The van der Waals surface area contributed by atoms with Crippen molar-refractivity contribution in [3.8, 4) is 5.75 Å². The standard InChI is InChI=1S/C14H14BrNO/c15-13-8-11(17-9-14(16)5-6-14)7-10-3-1-2-4-12(10)13/h1-4,7-8H,5-6,9,16H2. The zero-order valence-electron chi connectivity index (χ0n) is 9.45. The van der Waals surface area contributed by atoms with Crippen molar-refractivity contribution in [1.82, 2.24) is 0 Å². The molecule has 1 aliphatic rings. The Morgan fingerprint density at radius 1 is 1.24 bits per heavy atom. The molecule has 2 aromatic carbocycles. The Labute approximate surface area is 109 Å². The molecule has 0 amide bonds. The maximum Gasteiger partial charge on any atom is 0.121 e. The van der Waals surface area contributed by atoms with Gasteiger partial charge in [0, 0.05) is 4.47 Å². The molecule has 2 aromatic rings. The Morgan fingerprint density at radius 2 is 2.00 bits per heavy atom. The van der Waals surface area contributed by atoms with Crippen LogP contribution < -0.4 is 10.5 Å².